The van der Waals surface area contributed by atoms with Crippen LogP contribution in [0.1, 0.15) is 80.9 Å². The lowest BCUT2D eigenvalue weighted by Gasteiger charge is -2.60. The van der Waals surface area contributed by atoms with Gasteiger partial charge < -0.3 is 38.9 Å². The lowest BCUT2D eigenvalue weighted by molar-refractivity contribution is -0.384. The summed E-state index contributed by atoms with van der Waals surface area (Å²) >= 11 is 0. The van der Waals surface area contributed by atoms with Crippen LogP contribution in [0.4, 0.5) is 5.69 Å². The molecule has 0 bridgehead atoms. The second-order valence-electron chi connectivity index (χ2n) is 17.3. The molecule has 3 aromatic rings. The van der Waals surface area contributed by atoms with E-state index in [1.165, 1.54) is 12.1 Å². The van der Waals surface area contributed by atoms with Gasteiger partial charge >= 0.3 is 0 Å². The van der Waals surface area contributed by atoms with Crippen LogP contribution < -0.4 is 14.2 Å². The molecule has 6 unspecified atom stereocenters. The highest BCUT2D eigenvalue weighted by Crippen LogP contribution is 2.62. The highest BCUT2D eigenvalue weighted by molar-refractivity contribution is 6.03. The number of hydrogen-bond donors (Lipinski definition) is 2. The Hall–Kier alpha value is -5.28. The van der Waals surface area contributed by atoms with Gasteiger partial charge in [-0.3, -0.25) is 19.8 Å². The number of carbonyl (C=O) groups excluding carboxylic acids is 1. The van der Waals surface area contributed by atoms with Gasteiger partial charge in [0.1, 0.15) is 36.5 Å². The number of non-ortho nitro benzene ring substituents is 1. The molecule has 7 rings (SSSR count). The zero-order valence-electron chi connectivity index (χ0n) is 37.3. The molecule has 0 radical (unpaired) electrons. The van der Waals surface area contributed by atoms with E-state index < -0.39 is 22.7 Å². The van der Waals surface area contributed by atoms with Gasteiger partial charge in [0, 0.05) is 69.4 Å². The molecule has 344 valence electrons. The summed E-state index contributed by atoms with van der Waals surface area (Å²) in [6, 6.07) is 19.2. The first-order chi connectivity index (χ1) is 31.2. The average molecular weight is 881 g/mol. The van der Waals surface area contributed by atoms with Gasteiger partial charge in [-0.15, -0.1) is 6.58 Å². The van der Waals surface area contributed by atoms with Crippen molar-refractivity contribution in [2.24, 2.45) is 22.9 Å². The quantitative estimate of drug-likeness (QED) is 0.0283. The van der Waals surface area contributed by atoms with E-state index in [0.29, 0.717) is 55.2 Å². The number of ether oxygens (including phenoxy) is 4. The standard InChI is InChI=1S/C50H64N4O10/c1-4-21-53(47(57)30-36-11-10-13-39(29-36)60-3)46-33-44(51-63-34-35-15-17-38(18-16-35)54(58)59)42-31-37(12-6-8-25-55)41(14-7-9-26-56)48-43-32-40(61-28-24-52-22-23-52)19-20-45(43)64-50(46,49(42)48)62-27-5-2/h5,10-11,13,15-20,29,31-32,37,41,46,48-49,55-56H,2,4,6-9,12,14,21-28,30,33-34H2,1,3H3. The van der Waals surface area contributed by atoms with E-state index in [9.17, 15) is 25.1 Å². The zero-order chi connectivity index (χ0) is 45.1. The molecule has 14 nitrogen and oxygen atoms in total. The van der Waals surface area contributed by atoms with Gasteiger partial charge in [-0.25, -0.2) is 0 Å². The maximum Gasteiger partial charge on any atom is 0.269 e. The summed E-state index contributed by atoms with van der Waals surface area (Å²) in [6.45, 7) is 10.5. The Morgan fingerprint density at radius 2 is 1.81 bits per heavy atom. The third-order valence-electron chi connectivity index (χ3n) is 13.1. The minimum atomic E-state index is -1.39. The second kappa shape index (κ2) is 22.1. The average Bonchev–Trinajstić information content (AvgIpc) is 4.14. The molecule has 14 heteroatoms. The van der Waals surface area contributed by atoms with Gasteiger partial charge in [0.25, 0.3) is 5.69 Å². The largest absolute Gasteiger partial charge is 0.497 e. The summed E-state index contributed by atoms with van der Waals surface area (Å²) in [4.78, 5) is 36.3. The number of unbranched alkanes of at least 4 members (excludes halogenated alkanes) is 2. The van der Waals surface area contributed by atoms with Crippen molar-refractivity contribution in [3.63, 3.8) is 0 Å². The highest BCUT2D eigenvalue weighted by Gasteiger charge is 2.65. The van der Waals surface area contributed by atoms with Crippen LogP contribution in [0.5, 0.6) is 17.2 Å². The molecule has 64 heavy (non-hydrogen) atoms. The number of aliphatic hydroxyl groups is 2. The third kappa shape index (κ3) is 10.8. The van der Waals surface area contributed by atoms with Crippen LogP contribution in [0.25, 0.3) is 0 Å². The van der Waals surface area contributed by atoms with Gasteiger partial charge in [0.15, 0.2) is 0 Å². The van der Waals surface area contributed by atoms with Crippen LogP contribution in [0, 0.1) is 27.9 Å². The normalized spacial score (nSPS) is 23.8. The maximum absolute atomic E-state index is 15.0. The van der Waals surface area contributed by atoms with Gasteiger partial charge in [-0.1, -0.05) is 49.2 Å². The molecule has 0 spiro atoms. The van der Waals surface area contributed by atoms with Crippen molar-refractivity contribution < 1.29 is 43.7 Å². The Morgan fingerprint density at radius 1 is 1.03 bits per heavy atom. The van der Waals surface area contributed by atoms with Crippen molar-refractivity contribution >= 4 is 17.3 Å². The number of nitro benzene ring substituents is 1. The van der Waals surface area contributed by atoms with Gasteiger partial charge in [-0.2, -0.15) is 0 Å². The predicted molar refractivity (Wildman–Crippen MR) is 243 cm³/mol. The number of methoxy groups -OCH3 is 1. The van der Waals surface area contributed by atoms with Crippen molar-refractivity contribution in [1.29, 1.82) is 0 Å². The first-order valence-electron chi connectivity index (χ1n) is 22.9. The number of hydrogen-bond acceptors (Lipinski definition) is 12. The van der Waals surface area contributed by atoms with E-state index >= 15 is 0 Å². The number of aliphatic hydroxyl groups excluding tert-OH is 2. The molecule has 4 aliphatic rings. The van der Waals surface area contributed by atoms with Crippen LogP contribution in [-0.4, -0.2) is 108 Å². The minimum absolute atomic E-state index is 0.0123. The minimum Gasteiger partial charge on any atom is -0.497 e. The molecule has 3 aromatic carbocycles. The summed E-state index contributed by atoms with van der Waals surface area (Å²) in [6.07, 6.45) is 9.65. The fourth-order valence-electron chi connectivity index (χ4n) is 9.98. The number of rotatable bonds is 25. The molecule has 2 heterocycles. The van der Waals surface area contributed by atoms with E-state index in [-0.39, 0.29) is 68.6 Å². The molecular weight excluding hydrogens is 817 g/mol. The molecule has 1 saturated heterocycles. The maximum atomic E-state index is 15.0. The Morgan fingerprint density at radius 3 is 2.52 bits per heavy atom. The van der Waals surface area contributed by atoms with E-state index in [0.717, 1.165) is 67.8 Å². The first kappa shape index (κ1) is 46.7. The van der Waals surface area contributed by atoms with Gasteiger partial charge in [0.05, 0.1) is 36.7 Å². The first-order valence-corrected chi connectivity index (χ1v) is 22.9. The molecule has 2 aliphatic heterocycles. The van der Waals surface area contributed by atoms with E-state index in [1.54, 1.807) is 25.3 Å². The number of carbonyl (C=O) groups is 1. The zero-order valence-corrected chi connectivity index (χ0v) is 37.3. The van der Waals surface area contributed by atoms with Crippen molar-refractivity contribution in [2.75, 3.05) is 59.7 Å². The number of oxime groups is 1. The van der Waals surface area contributed by atoms with Crippen LogP contribution in [0.2, 0.25) is 0 Å². The van der Waals surface area contributed by atoms with Crippen LogP contribution in [0.15, 0.2) is 96.2 Å². The lowest BCUT2D eigenvalue weighted by Crippen LogP contribution is -2.70. The molecule has 2 aliphatic carbocycles. The highest BCUT2D eigenvalue weighted by atomic mass is 16.7. The Balaban J connectivity index is 1.39. The molecule has 2 fully saturated rings. The molecule has 2 N–H and O–H groups in total. The summed E-state index contributed by atoms with van der Waals surface area (Å²) < 4.78 is 26.4. The molecule has 1 amide bonds. The van der Waals surface area contributed by atoms with Crippen LogP contribution >= 0.6 is 0 Å². The van der Waals surface area contributed by atoms with Crippen LogP contribution in [-0.2, 0) is 27.4 Å². The predicted octanol–water partition coefficient (Wildman–Crippen LogP) is 7.61. The molecular formula is C50H64N4O10. The molecule has 0 aromatic heterocycles. The Kier molecular flexibility index (Phi) is 16.1. The number of nitro groups is 1. The van der Waals surface area contributed by atoms with E-state index in [2.05, 4.69) is 30.5 Å². The number of nitrogens with zero attached hydrogens (tertiary/aromatic N) is 4. The number of amides is 1. The van der Waals surface area contributed by atoms with E-state index in [4.69, 9.17) is 28.9 Å². The number of allylic oxidation sites excluding steroid dienone is 1. The topological polar surface area (TPSA) is 165 Å². The monoisotopic (exact) mass is 880 g/mol. The summed E-state index contributed by atoms with van der Waals surface area (Å²) in [7, 11) is 1.61. The second-order valence-corrected chi connectivity index (χ2v) is 17.3. The Bertz CT molecular complexity index is 2120. The number of benzene rings is 3. The summed E-state index contributed by atoms with van der Waals surface area (Å²) in [5.74, 6) is 0.0646. The number of fused-ring (bicyclic) bond motifs is 2. The smallest absolute Gasteiger partial charge is 0.269 e. The molecule has 6 atom stereocenters. The summed E-state index contributed by atoms with van der Waals surface area (Å²) in [5, 5.41) is 36.2. The van der Waals surface area contributed by atoms with Crippen molar-refractivity contribution in [1.82, 2.24) is 9.80 Å². The Labute approximate surface area is 376 Å². The van der Waals surface area contributed by atoms with Crippen molar-refractivity contribution in [3.05, 3.63) is 118 Å². The van der Waals surface area contributed by atoms with Crippen molar-refractivity contribution in [2.45, 2.75) is 89.1 Å². The van der Waals surface area contributed by atoms with Gasteiger partial charge in [0.2, 0.25) is 11.7 Å². The fraction of sp³-hybridized carbons (Fsp3) is 0.520. The van der Waals surface area contributed by atoms with Crippen LogP contribution in [0.3, 0.4) is 0 Å². The molecule has 1 saturated carbocycles. The van der Waals surface area contributed by atoms with E-state index in [1.807, 2.05) is 41.3 Å². The van der Waals surface area contributed by atoms with Gasteiger partial charge in [-0.05, 0) is 103 Å². The summed E-state index contributed by atoms with van der Waals surface area (Å²) in [5.41, 5.74) is 4.12. The van der Waals surface area contributed by atoms with Crippen molar-refractivity contribution in [3.8, 4) is 17.2 Å². The fourth-order valence-corrected chi connectivity index (χ4v) is 9.98. The lowest BCUT2D eigenvalue weighted by atomic mass is 9.55. The SMILES string of the molecule is C=CCOC12Oc3ccc(OCCN4CC4)cc3C3C(CCCCO)C(CCCCO)C=C(C(=NOCc4ccc([N+](=O)[O-])cc4)CC1N(CCC)C(=O)Cc1cccc(OC)c1)C32. The third-order valence-corrected chi connectivity index (χ3v) is 13.1.